The number of alkyl halides is 1. The molecule has 4 saturated carbocycles. The first-order valence-electron chi connectivity index (χ1n) is 6.23. The van der Waals surface area contributed by atoms with E-state index in [0.717, 1.165) is 36.7 Å². The monoisotopic (exact) mass is 336 g/mol. The molecule has 0 aromatic heterocycles. The lowest BCUT2D eigenvalue weighted by molar-refractivity contribution is -0.260. The quantitative estimate of drug-likeness (QED) is 0.620. The summed E-state index contributed by atoms with van der Waals surface area (Å²) in [6.45, 7) is 4.69. The largest absolute Gasteiger partial charge is 0.390 e. The van der Waals surface area contributed by atoms with Crippen molar-refractivity contribution in [2.45, 2.75) is 63.6 Å². The highest BCUT2D eigenvalue weighted by Crippen LogP contribution is 2.68. The van der Waals surface area contributed by atoms with E-state index in [1.807, 2.05) is 0 Å². The molecule has 0 amide bonds. The highest BCUT2D eigenvalue weighted by molar-refractivity contribution is 14.1. The Hall–Kier alpha value is 0.650. The first kappa shape index (κ1) is 11.7. The maximum atomic E-state index is 10.7. The van der Waals surface area contributed by atoms with Gasteiger partial charge in [-0.05, 0) is 42.9 Å². The van der Waals surface area contributed by atoms with Crippen LogP contribution in [-0.2, 0) is 4.74 Å². The van der Waals surface area contributed by atoms with Gasteiger partial charge in [-0.25, -0.2) is 0 Å². The van der Waals surface area contributed by atoms with Gasteiger partial charge in [0.05, 0.1) is 15.8 Å². The predicted molar refractivity (Wildman–Crippen MR) is 71.6 cm³/mol. The van der Waals surface area contributed by atoms with Crippen LogP contribution in [0.15, 0.2) is 0 Å². The number of hydrogen-bond donors (Lipinski definition) is 1. The van der Waals surface area contributed by atoms with Crippen LogP contribution in [0.25, 0.3) is 0 Å². The lowest BCUT2D eigenvalue weighted by Crippen LogP contribution is -2.66. The molecule has 0 aromatic carbocycles. The zero-order valence-electron chi connectivity index (χ0n) is 10.2. The maximum absolute atomic E-state index is 10.7. The number of aliphatic hydroxyl groups is 1. The maximum Gasteiger partial charge on any atom is 0.0986 e. The SMILES string of the molecule is CC12CC3(C)CC(O)(C1)CC(OCI)(C2)C3. The molecule has 2 unspecified atom stereocenters. The minimum absolute atomic E-state index is 0.0197. The second-order valence-corrected chi connectivity index (χ2v) is 7.97. The van der Waals surface area contributed by atoms with Crippen molar-refractivity contribution < 1.29 is 9.84 Å². The fourth-order valence-corrected chi connectivity index (χ4v) is 6.45. The summed E-state index contributed by atoms with van der Waals surface area (Å²) in [5.41, 5.74) is 0.159. The van der Waals surface area contributed by atoms with E-state index in [4.69, 9.17) is 4.74 Å². The van der Waals surface area contributed by atoms with Crippen molar-refractivity contribution in [2.24, 2.45) is 10.8 Å². The van der Waals surface area contributed by atoms with E-state index >= 15 is 0 Å². The third-order valence-electron chi connectivity index (χ3n) is 4.88. The smallest absolute Gasteiger partial charge is 0.0986 e. The topological polar surface area (TPSA) is 29.5 Å². The second-order valence-electron chi connectivity index (χ2n) is 7.34. The van der Waals surface area contributed by atoms with E-state index in [0.29, 0.717) is 10.8 Å². The lowest BCUT2D eigenvalue weighted by Gasteiger charge is -2.67. The van der Waals surface area contributed by atoms with Crippen molar-refractivity contribution in [1.29, 1.82) is 0 Å². The van der Waals surface area contributed by atoms with Gasteiger partial charge in [0, 0.05) is 6.42 Å². The molecule has 4 aliphatic rings. The van der Waals surface area contributed by atoms with E-state index in [1.54, 1.807) is 0 Å². The summed E-state index contributed by atoms with van der Waals surface area (Å²) < 4.78 is 6.81. The number of hydrogen-bond acceptors (Lipinski definition) is 2. The van der Waals surface area contributed by atoms with E-state index < -0.39 is 5.60 Å². The third kappa shape index (κ3) is 1.65. The molecule has 0 spiro atoms. The number of ether oxygens (including phenoxy) is 1. The van der Waals surface area contributed by atoms with Crippen molar-refractivity contribution in [2.75, 3.05) is 4.61 Å². The van der Waals surface area contributed by atoms with Gasteiger partial charge in [-0.2, -0.15) is 0 Å². The Balaban J connectivity index is 2.00. The molecule has 2 atom stereocenters. The number of rotatable bonds is 2. The van der Waals surface area contributed by atoms with Gasteiger partial charge in [0.2, 0.25) is 0 Å². The van der Waals surface area contributed by atoms with Crippen molar-refractivity contribution in [3.8, 4) is 0 Å². The first-order valence-corrected chi connectivity index (χ1v) is 7.75. The van der Waals surface area contributed by atoms with Gasteiger partial charge in [-0.3, -0.25) is 0 Å². The fourth-order valence-electron chi connectivity index (χ4n) is 5.79. The average Bonchev–Trinajstić information content (AvgIpc) is 1.91. The van der Waals surface area contributed by atoms with Gasteiger partial charge in [0.25, 0.3) is 0 Å². The molecule has 0 aromatic rings. The molecular formula is C13H21IO2. The lowest BCUT2D eigenvalue weighted by atomic mass is 9.42. The van der Waals surface area contributed by atoms with Gasteiger partial charge in [0.1, 0.15) is 0 Å². The van der Waals surface area contributed by atoms with Crippen LogP contribution in [0.2, 0.25) is 0 Å². The third-order valence-corrected chi connectivity index (χ3v) is 5.19. The van der Waals surface area contributed by atoms with Crippen LogP contribution in [0.4, 0.5) is 0 Å². The molecule has 4 rings (SSSR count). The summed E-state index contributed by atoms with van der Waals surface area (Å²) in [6, 6.07) is 0. The van der Waals surface area contributed by atoms with E-state index in [9.17, 15) is 5.11 Å². The zero-order valence-corrected chi connectivity index (χ0v) is 12.3. The normalized spacial score (nSPS) is 59.2. The molecule has 1 N–H and O–H groups in total. The molecule has 3 heteroatoms. The molecule has 92 valence electrons. The van der Waals surface area contributed by atoms with E-state index in [2.05, 4.69) is 36.4 Å². The van der Waals surface area contributed by atoms with E-state index in [-0.39, 0.29) is 5.60 Å². The van der Waals surface area contributed by atoms with Crippen molar-refractivity contribution in [3.63, 3.8) is 0 Å². The minimum Gasteiger partial charge on any atom is -0.390 e. The Morgan fingerprint density at radius 1 is 1.00 bits per heavy atom. The highest BCUT2D eigenvalue weighted by atomic mass is 127. The first-order chi connectivity index (χ1) is 7.30. The molecule has 0 aliphatic heterocycles. The molecule has 4 fully saturated rings. The molecule has 4 aliphatic carbocycles. The van der Waals surface area contributed by atoms with Crippen LogP contribution < -0.4 is 0 Å². The van der Waals surface area contributed by atoms with E-state index in [1.165, 1.54) is 6.42 Å². The Kier molecular flexibility index (Phi) is 2.31. The minimum atomic E-state index is -0.440. The summed E-state index contributed by atoms with van der Waals surface area (Å²) in [5, 5.41) is 10.7. The molecular weight excluding hydrogens is 315 g/mol. The molecule has 0 saturated heterocycles. The Bertz CT molecular complexity index is 274. The standard InChI is InChI=1S/C13H21IO2/c1-10-3-11(2)5-12(15,4-10)8-13(6-10,7-11)16-9-14/h15H,3-9H2,1-2H3. The van der Waals surface area contributed by atoms with Gasteiger partial charge < -0.3 is 9.84 Å². The van der Waals surface area contributed by atoms with Crippen LogP contribution in [0.5, 0.6) is 0 Å². The van der Waals surface area contributed by atoms with Crippen LogP contribution in [0.3, 0.4) is 0 Å². The van der Waals surface area contributed by atoms with Crippen LogP contribution in [-0.4, -0.2) is 20.9 Å². The van der Waals surface area contributed by atoms with Gasteiger partial charge >= 0.3 is 0 Å². The summed E-state index contributed by atoms with van der Waals surface area (Å²) in [6.07, 6.45) is 6.43. The summed E-state index contributed by atoms with van der Waals surface area (Å²) in [4.78, 5) is 0. The zero-order chi connectivity index (χ0) is 11.7. The number of halogens is 1. The van der Waals surface area contributed by atoms with Gasteiger partial charge in [-0.15, -0.1) is 0 Å². The molecule has 2 nitrogen and oxygen atoms in total. The van der Waals surface area contributed by atoms with Crippen LogP contribution >= 0.6 is 22.6 Å². The van der Waals surface area contributed by atoms with Crippen molar-refractivity contribution >= 4 is 22.6 Å². The van der Waals surface area contributed by atoms with Gasteiger partial charge in [0.15, 0.2) is 0 Å². The van der Waals surface area contributed by atoms with Crippen molar-refractivity contribution in [1.82, 2.24) is 0 Å². The predicted octanol–water partition coefficient (Wildman–Crippen LogP) is 3.26. The molecule has 4 bridgehead atoms. The summed E-state index contributed by atoms with van der Waals surface area (Å²) in [7, 11) is 0. The Labute approximate surface area is 111 Å². The highest BCUT2D eigenvalue weighted by Gasteiger charge is 2.65. The molecule has 0 heterocycles. The fraction of sp³-hybridized carbons (Fsp3) is 1.00. The molecule has 0 radical (unpaired) electrons. The Morgan fingerprint density at radius 3 is 2.00 bits per heavy atom. The Morgan fingerprint density at radius 2 is 1.56 bits per heavy atom. The van der Waals surface area contributed by atoms with Gasteiger partial charge in [-0.1, -0.05) is 36.4 Å². The summed E-state index contributed by atoms with van der Waals surface area (Å²) >= 11 is 2.29. The summed E-state index contributed by atoms with van der Waals surface area (Å²) in [5.74, 6) is 0. The van der Waals surface area contributed by atoms with Crippen molar-refractivity contribution in [3.05, 3.63) is 0 Å². The second kappa shape index (κ2) is 3.15. The average molecular weight is 336 g/mol. The van der Waals surface area contributed by atoms with Crippen LogP contribution in [0.1, 0.15) is 52.4 Å². The molecule has 16 heavy (non-hydrogen) atoms. The van der Waals surface area contributed by atoms with Crippen LogP contribution in [0, 0.1) is 10.8 Å².